The van der Waals surface area contributed by atoms with Gasteiger partial charge >= 0.3 is 0 Å². The summed E-state index contributed by atoms with van der Waals surface area (Å²) >= 11 is 0. The summed E-state index contributed by atoms with van der Waals surface area (Å²) in [4.78, 5) is 3.77. The van der Waals surface area contributed by atoms with Crippen LogP contribution < -0.4 is 11.3 Å². The number of pyridine rings is 1. The van der Waals surface area contributed by atoms with E-state index in [9.17, 15) is 12.8 Å². The molecule has 2 atom stereocenters. The van der Waals surface area contributed by atoms with Gasteiger partial charge in [-0.1, -0.05) is 0 Å². The fourth-order valence-electron chi connectivity index (χ4n) is 2.31. The minimum Gasteiger partial charge on any atom is -0.271 e. The molecule has 0 saturated carbocycles. The Labute approximate surface area is 105 Å². The molecule has 1 saturated heterocycles. The molecule has 0 radical (unpaired) electrons. The molecule has 1 fully saturated rings. The van der Waals surface area contributed by atoms with Crippen molar-refractivity contribution in [3.8, 4) is 0 Å². The van der Waals surface area contributed by atoms with Gasteiger partial charge in [0.05, 0.1) is 17.7 Å². The van der Waals surface area contributed by atoms with E-state index >= 15 is 0 Å². The Kier molecular flexibility index (Phi) is 3.94. The molecule has 1 aromatic heterocycles. The molecule has 2 heterocycles. The average molecular weight is 273 g/mol. The maximum Gasteiger partial charge on any atom is 0.150 e. The van der Waals surface area contributed by atoms with E-state index in [2.05, 4.69) is 10.4 Å². The number of nitrogens with one attached hydrogen (secondary N) is 1. The van der Waals surface area contributed by atoms with Gasteiger partial charge in [-0.15, -0.1) is 0 Å². The first-order valence-electron chi connectivity index (χ1n) is 5.77. The van der Waals surface area contributed by atoms with Crippen LogP contribution >= 0.6 is 0 Å². The predicted molar refractivity (Wildman–Crippen MR) is 65.6 cm³/mol. The highest BCUT2D eigenvalue weighted by atomic mass is 32.2. The Morgan fingerprint density at radius 2 is 2.33 bits per heavy atom. The van der Waals surface area contributed by atoms with Gasteiger partial charge < -0.3 is 0 Å². The molecular formula is C11H16FN3O2S. The number of hydrazine groups is 1. The third-order valence-corrected chi connectivity index (χ3v) is 5.06. The largest absolute Gasteiger partial charge is 0.271 e. The van der Waals surface area contributed by atoms with E-state index in [1.165, 1.54) is 12.3 Å². The molecule has 1 aromatic rings. The number of nitrogens with zero attached hydrogens (tertiary/aromatic N) is 1. The van der Waals surface area contributed by atoms with Crippen molar-refractivity contribution in [2.75, 3.05) is 11.5 Å². The van der Waals surface area contributed by atoms with Gasteiger partial charge in [0.25, 0.3) is 0 Å². The summed E-state index contributed by atoms with van der Waals surface area (Å²) in [6.45, 7) is 0. The van der Waals surface area contributed by atoms with Gasteiger partial charge in [0.1, 0.15) is 5.82 Å². The number of halogens is 1. The molecular weight excluding hydrogens is 257 g/mol. The molecule has 0 bridgehead atoms. The number of aromatic nitrogens is 1. The van der Waals surface area contributed by atoms with Crippen LogP contribution in [0.2, 0.25) is 0 Å². The van der Waals surface area contributed by atoms with E-state index in [1.54, 1.807) is 0 Å². The standard InChI is InChI=1S/C11H16FN3O2S/c12-10-4-9(5-14-6-10)11(15-13)3-8-1-2-18(16,17)7-8/h4-6,8,11,15H,1-3,7,13H2. The van der Waals surface area contributed by atoms with Gasteiger partial charge in [-0.25, -0.2) is 12.8 Å². The van der Waals surface area contributed by atoms with Gasteiger partial charge in [0.15, 0.2) is 9.84 Å². The molecule has 2 rings (SSSR count). The Balaban J connectivity index is 2.06. The van der Waals surface area contributed by atoms with E-state index in [0.29, 0.717) is 18.4 Å². The summed E-state index contributed by atoms with van der Waals surface area (Å²) in [5.41, 5.74) is 3.24. The molecule has 5 nitrogen and oxygen atoms in total. The predicted octanol–water partition coefficient (Wildman–Crippen LogP) is 0.550. The lowest BCUT2D eigenvalue weighted by Crippen LogP contribution is -2.30. The van der Waals surface area contributed by atoms with E-state index < -0.39 is 15.7 Å². The van der Waals surface area contributed by atoms with Crippen LogP contribution in [0.5, 0.6) is 0 Å². The van der Waals surface area contributed by atoms with Crippen molar-refractivity contribution in [3.63, 3.8) is 0 Å². The Morgan fingerprint density at radius 1 is 1.56 bits per heavy atom. The van der Waals surface area contributed by atoms with Crippen LogP contribution in [0.1, 0.15) is 24.4 Å². The fraction of sp³-hybridized carbons (Fsp3) is 0.545. The second kappa shape index (κ2) is 5.29. The second-order valence-corrected chi connectivity index (χ2v) is 6.89. The van der Waals surface area contributed by atoms with Crippen molar-refractivity contribution in [1.82, 2.24) is 10.4 Å². The van der Waals surface area contributed by atoms with Crippen LogP contribution in [-0.4, -0.2) is 24.9 Å². The third-order valence-electron chi connectivity index (χ3n) is 3.23. The summed E-state index contributed by atoms with van der Waals surface area (Å²) < 4.78 is 35.8. The first-order chi connectivity index (χ1) is 8.50. The maximum absolute atomic E-state index is 13.1. The van der Waals surface area contributed by atoms with E-state index in [1.807, 2.05) is 0 Å². The molecule has 0 aliphatic carbocycles. The molecule has 0 aromatic carbocycles. The number of hydrogen-bond acceptors (Lipinski definition) is 5. The lowest BCUT2D eigenvalue weighted by atomic mass is 9.95. The first-order valence-corrected chi connectivity index (χ1v) is 7.59. The van der Waals surface area contributed by atoms with Gasteiger partial charge in [-0.05, 0) is 30.4 Å². The Morgan fingerprint density at radius 3 is 2.89 bits per heavy atom. The summed E-state index contributed by atoms with van der Waals surface area (Å²) in [5.74, 6) is 5.52. The lowest BCUT2D eigenvalue weighted by molar-refractivity contribution is 0.419. The average Bonchev–Trinajstić information content (AvgIpc) is 2.65. The second-order valence-electron chi connectivity index (χ2n) is 4.66. The molecule has 0 amide bonds. The zero-order valence-electron chi connectivity index (χ0n) is 9.84. The summed E-state index contributed by atoms with van der Waals surface area (Å²) in [7, 11) is -2.90. The van der Waals surface area contributed by atoms with Crippen LogP contribution in [0.3, 0.4) is 0 Å². The van der Waals surface area contributed by atoms with Crippen molar-refractivity contribution in [2.24, 2.45) is 11.8 Å². The molecule has 3 N–H and O–H groups in total. The quantitative estimate of drug-likeness (QED) is 0.618. The van der Waals surface area contributed by atoms with Crippen LogP contribution in [-0.2, 0) is 9.84 Å². The van der Waals surface area contributed by atoms with Crippen molar-refractivity contribution in [3.05, 3.63) is 29.8 Å². The normalized spacial score (nSPS) is 24.0. The van der Waals surface area contributed by atoms with E-state index in [4.69, 9.17) is 5.84 Å². The van der Waals surface area contributed by atoms with Crippen molar-refractivity contribution < 1.29 is 12.8 Å². The van der Waals surface area contributed by atoms with Crippen LogP contribution in [0.4, 0.5) is 4.39 Å². The molecule has 2 unspecified atom stereocenters. The van der Waals surface area contributed by atoms with Gasteiger partial charge in [-0.3, -0.25) is 16.3 Å². The van der Waals surface area contributed by atoms with Gasteiger partial charge in [-0.2, -0.15) is 0 Å². The first kappa shape index (κ1) is 13.4. The Bertz CT molecular complexity index is 521. The number of hydrogen-bond donors (Lipinski definition) is 2. The molecule has 1 aliphatic heterocycles. The van der Waals surface area contributed by atoms with Gasteiger partial charge in [0, 0.05) is 12.2 Å². The van der Waals surface area contributed by atoms with Crippen LogP contribution in [0.25, 0.3) is 0 Å². The minimum atomic E-state index is -2.90. The lowest BCUT2D eigenvalue weighted by Gasteiger charge is -2.19. The highest BCUT2D eigenvalue weighted by molar-refractivity contribution is 7.91. The van der Waals surface area contributed by atoms with Gasteiger partial charge in [0.2, 0.25) is 0 Å². The molecule has 0 spiro atoms. The van der Waals surface area contributed by atoms with E-state index in [0.717, 1.165) is 6.20 Å². The van der Waals surface area contributed by atoms with Crippen LogP contribution in [0.15, 0.2) is 18.5 Å². The topological polar surface area (TPSA) is 85.1 Å². The zero-order valence-corrected chi connectivity index (χ0v) is 10.7. The highest BCUT2D eigenvalue weighted by Crippen LogP contribution is 2.28. The molecule has 1 aliphatic rings. The minimum absolute atomic E-state index is 0.0688. The maximum atomic E-state index is 13.1. The number of rotatable bonds is 4. The molecule has 7 heteroatoms. The van der Waals surface area contributed by atoms with E-state index in [-0.39, 0.29) is 23.5 Å². The highest BCUT2D eigenvalue weighted by Gasteiger charge is 2.30. The summed E-state index contributed by atoms with van der Waals surface area (Å²) in [5, 5.41) is 0. The van der Waals surface area contributed by atoms with Crippen LogP contribution in [0, 0.1) is 11.7 Å². The van der Waals surface area contributed by atoms with Crippen molar-refractivity contribution in [2.45, 2.75) is 18.9 Å². The fourth-order valence-corrected chi connectivity index (χ4v) is 4.19. The third kappa shape index (κ3) is 3.24. The van der Waals surface area contributed by atoms with Crippen molar-refractivity contribution in [1.29, 1.82) is 0 Å². The zero-order chi connectivity index (χ0) is 13.2. The number of sulfone groups is 1. The molecule has 18 heavy (non-hydrogen) atoms. The summed E-state index contributed by atoms with van der Waals surface area (Å²) in [6.07, 6.45) is 3.87. The number of nitrogens with two attached hydrogens (primary N) is 1. The monoisotopic (exact) mass is 273 g/mol. The summed E-state index contributed by atoms with van der Waals surface area (Å²) in [6, 6.07) is 1.09. The SMILES string of the molecule is NNC(CC1CCS(=O)(=O)C1)c1cncc(F)c1. The Hall–Kier alpha value is -1.05. The smallest absolute Gasteiger partial charge is 0.150 e. The molecule has 100 valence electrons. The van der Waals surface area contributed by atoms with Crippen molar-refractivity contribution >= 4 is 9.84 Å².